The van der Waals surface area contributed by atoms with Gasteiger partial charge in [-0.2, -0.15) is 0 Å². The van der Waals surface area contributed by atoms with E-state index in [1.165, 1.54) is 6.42 Å². The van der Waals surface area contributed by atoms with Crippen molar-refractivity contribution in [2.45, 2.75) is 26.7 Å². The first-order valence-corrected chi connectivity index (χ1v) is 4.44. The minimum absolute atomic E-state index is 0.815. The van der Waals surface area contributed by atoms with Crippen molar-refractivity contribution in [1.82, 2.24) is 0 Å². The van der Waals surface area contributed by atoms with Gasteiger partial charge in [0.05, 0.1) is 6.61 Å². The van der Waals surface area contributed by atoms with Crippen molar-refractivity contribution in [3.8, 4) is 5.75 Å². The van der Waals surface area contributed by atoms with Gasteiger partial charge in [0.25, 0.3) is 0 Å². The van der Waals surface area contributed by atoms with Gasteiger partial charge >= 0.3 is 0 Å². The average molecular weight is 163 g/mol. The fourth-order valence-electron chi connectivity index (χ4n) is 0.988. The summed E-state index contributed by atoms with van der Waals surface area (Å²) in [5, 5.41) is 0. The van der Waals surface area contributed by atoms with Crippen LogP contribution in [0.25, 0.3) is 0 Å². The van der Waals surface area contributed by atoms with Crippen LogP contribution >= 0.6 is 0 Å². The molecule has 0 spiro atoms. The van der Waals surface area contributed by atoms with Crippen LogP contribution in [0.2, 0.25) is 0 Å². The number of ether oxygens (including phenoxy) is 1. The Morgan fingerprint density at radius 2 is 2.33 bits per heavy atom. The van der Waals surface area contributed by atoms with Crippen molar-refractivity contribution < 1.29 is 4.74 Å². The maximum Gasteiger partial charge on any atom is 0.122 e. The minimum atomic E-state index is 0.815. The summed E-state index contributed by atoms with van der Waals surface area (Å²) in [5.74, 6) is 0.964. The van der Waals surface area contributed by atoms with Gasteiger partial charge in [-0.15, -0.1) is 0 Å². The van der Waals surface area contributed by atoms with Crippen LogP contribution in [0.1, 0.15) is 25.3 Å². The molecule has 1 nitrogen and oxygen atoms in total. The zero-order chi connectivity index (χ0) is 8.81. The Balaban J connectivity index is 2.46. The molecule has 0 amide bonds. The molecule has 0 fully saturated rings. The van der Waals surface area contributed by atoms with Gasteiger partial charge in [-0.25, -0.2) is 0 Å². The van der Waals surface area contributed by atoms with Gasteiger partial charge in [0.2, 0.25) is 0 Å². The van der Waals surface area contributed by atoms with Crippen LogP contribution in [0.3, 0.4) is 0 Å². The zero-order valence-electron chi connectivity index (χ0n) is 7.76. The maximum atomic E-state index is 5.55. The van der Waals surface area contributed by atoms with E-state index in [1.54, 1.807) is 0 Å². The third kappa shape index (κ3) is 2.57. The predicted octanol–water partition coefficient (Wildman–Crippen LogP) is 2.97. The summed E-state index contributed by atoms with van der Waals surface area (Å²) in [5.41, 5.74) is 1.09. The first kappa shape index (κ1) is 9.11. The van der Waals surface area contributed by atoms with E-state index < -0.39 is 0 Å². The lowest BCUT2D eigenvalue weighted by atomic mass is 10.2. The highest BCUT2D eigenvalue weighted by Gasteiger charge is 1.95. The molecular formula is C11H15O. The summed E-state index contributed by atoms with van der Waals surface area (Å²) in [4.78, 5) is 0. The molecular weight excluding hydrogens is 148 g/mol. The van der Waals surface area contributed by atoms with Gasteiger partial charge < -0.3 is 4.74 Å². The Hall–Kier alpha value is -0.980. The van der Waals surface area contributed by atoms with E-state index >= 15 is 0 Å². The lowest BCUT2D eigenvalue weighted by molar-refractivity contribution is 0.307. The molecule has 65 valence electrons. The lowest BCUT2D eigenvalue weighted by Crippen LogP contribution is -1.97. The van der Waals surface area contributed by atoms with Crippen molar-refractivity contribution in [3.05, 3.63) is 29.8 Å². The van der Waals surface area contributed by atoms with Crippen LogP contribution in [0, 0.1) is 13.0 Å². The van der Waals surface area contributed by atoms with E-state index in [9.17, 15) is 0 Å². The van der Waals surface area contributed by atoms with Gasteiger partial charge in [-0.05, 0) is 31.0 Å². The molecule has 1 heteroatoms. The highest BCUT2D eigenvalue weighted by molar-refractivity contribution is 5.30. The van der Waals surface area contributed by atoms with Crippen LogP contribution in [-0.4, -0.2) is 6.61 Å². The van der Waals surface area contributed by atoms with Gasteiger partial charge in [-0.3, -0.25) is 0 Å². The highest BCUT2D eigenvalue weighted by Crippen LogP contribution is 2.15. The van der Waals surface area contributed by atoms with E-state index in [1.807, 2.05) is 25.1 Å². The van der Waals surface area contributed by atoms with Crippen LogP contribution in [0.15, 0.2) is 18.2 Å². The molecule has 0 aliphatic carbocycles. The molecule has 0 saturated carbocycles. The van der Waals surface area contributed by atoms with Crippen LogP contribution < -0.4 is 4.74 Å². The number of aryl methyl sites for hydroxylation is 1. The Labute approximate surface area is 74.4 Å². The number of rotatable bonds is 4. The second-order valence-corrected chi connectivity index (χ2v) is 2.86. The van der Waals surface area contributed by atoms with E-state index in [2.05, 4.69) is 13.0 Å². The quantitative estimate of drug-likeness (QED) is 0.620. The molecule has 1 aromatic rings. The first-order chi connectivity index (χ1) is 5.84. The molecule has 12 heavy (non-hydrogen) atoms. The summed E-state index contributed by atoms with van der Waals surface area (Å²) in [7, 11) is 0. The van der Waals surface area contributed by atoms with Gasteiger partial charge in [0.15, 0.2) is 0 Å². The third-order valence-electron chi connectivity index (χ3n) is 1.77. The van der Waals surface area contributed by atoms with Crippen molar-refractivity contribution in [2.75, 3.05) is 6.61 Å². The number of benzene rings is 1. The van der Waals surface area contributed by atoms with Crippen LogP contribution in [0.4, 0.5) is 0 Å². The molecule has 0 aliphatic rings. The maximum absolute atomic E-state index is 5.55. The van der Waals surface area contributed by atoms with Gasteiger partial charge in [0.1, 0.15) is 5.75 Å². The van der Waals surface area contributed by atoms with Gasteiger partial charge in [0, 0.05) is 0 Å². The predicted molar refractivity (Wildman–Crippen MR) is 50.4 cm³/mol. The van der Waals surface area contributed by atoms with Crippen LogP contribution in [-0.2, 0) is 0 Å². The van der Waals surface area contributed by atoms with Crippen molar-refractivity contribution >= 4 is 0 Å². The Kier molecular flexibility index (Phi) is 3.65. The Bertz CT molecular complexity index is 230. The second kappa shape index (κ2) is 4.81. The monoisotopic (exact) mass is 163 g/mol. The van der Waals surface area contributed by atoms with E-state index in [0.29, 0.717) is 0 Å². The lowest BCUT2D eigenvalue weighted by Gasteiger charge is -2.06. The SMILES string of the molecule is CCCCOc1ccc[c]c1C. The first-order valence-electron chi connectivity index (χ1n) is 4.44. The molecule has 1 aromatic carbocycles. The molecule has 1 rings (SSSR count). The summed E-state index contributed by atoms with van der Waals surface area (Å²) < 4.78 is 5.55. The Morgan fingerprint density at radius 3 is 3.00 bits per heavy atom. The molecule has 0 atom stereocenters. The van der Waals surface area contributed by atoms with Crippen molar-refractivity contribution in [1.29, 1.82) is 0 Å². The van der Waals surface area contributed by atoms with E-state index in [-0.39, 0.29) is 0 Å². The molecule has 0 heterocycles. The standard InChI is InChI=1S/C11H15O/c1-3-4-9-12-11-8-6-5-7-10(11)2/h5-6,8H,3-4,9H2,1-2H3. The van der Waals surface area contributed by atoms with E-state index in [4.69, 9.17) is 4.74 Å². The summed E-state index contributed by atoms with van der Waals surface area (Å²) in [6, 6.07) is 8.95. The van der Waals surface area contributed by atoms with E-state index in [0.717, 1.165) is 24.3 Å². The minimum Gasteiger partial charge on any atom is -0.493 e. The molecule has 0 aliphatic heterocycles. The highest BCUT2D eigenvalue weighted by atomic mass is 16.5. The number of hydrogen-bond acceptors (Lipinski definition) is 1. The fraction of sp³-hybridized carbons (Fsp3) is 0.455. The smallest absolute Gasteiger partial charge is 0.122 e. The molecule has 0 unspecified atom stereocenters. The third-order valence-corrected chi connectivity index (χ3v) is 1.77. The largest absolute Gasteiger partial charge is 0.493 e. The fourth-order valence-corrected chi connectivity index (χ4v) is 0.988. The topological polar surface area (TPSA) is 9.23 Å². The van der Waals surface area contributed by atoms with Crippen molar-refractivity contribution in [3.63, 3.8) is 0 Å². The van der Waals surface area contributed by atoms with Crippen LogP contribution in [0.5, 0.6) is 5.75 Å². The molecule has 0 N–H and O–H groups in total. The number of unbranched alkanes of at least 4 members (excludes halogenated alkanes) is 1. The Morgan fingerprint density at radius 1 is 1.50 bits per heavy atom. The molecule has 0 aromatic heterocycles. The summed E-state index contributed by atoms with van der Waals surface area (Å²) in [6.45, 7) is 4.99. The normalized spacial score (nSPS) is 9.83. The average Bonchev–Trinajstić information content (AvgIpc) is 2.09. The zero-order valence-corrected chi connectivity index (χ0v) is 7.76. The van der Waals surface area contributed by atoms with Crippen molar-refractivity contribution in [2.24, 2.45) is 0 Å². The van der Waals surface area contributed by atoms with Gasteiger partial charge in [-0.1, -0.05) is 25.5 Å². The molecule has 0 saturated heterocycles. The second-order valence-electron chi connectivity index (χ2n) is 2.86. The molecule has 1 radical (unpaired) electrons. The summed E-state index contributed by atoms with van der Waals surface area (Å²) >= 11 is 0. The molecule has 0 bridgehead atoms. The summed E-state index contributed by atoms with van der Waals surface area (Å²) in [6.07, 6.45) is 2.30. The number of hydrogen-bond donors (Lipinski definition) is 0.